The average molecular weight is 308 g/mol. The van der Waals surface area contributed by atoms with Gasteiger partial charge in [-0.2, -0.15) is 0 Å². The molecular formula is C15H15ClFN3O. The van der Waals surface area contributed by atoms with Gasteiger partial charge in [0.15, 0.2) is 0 Å². The number of amides is 2. The molecule has 0 fully saturated rings. The van der Waals surface area contributed by atoms with Crippen LogP contribution in [0, 0.1) is 5.82 Å². The number of nitrogen functional groups attached to an aromatic ring is 1. The SMILES string of the molecule is CN(Cc1cc(N)ccc1Cl)C(=O)Nc1ccc(F)cc1. The van der Waals surface area contributed by atoms with E-state index in [1.165, 1.54) is 29.2 Å². The Morgan fingerprint density at radius 1 is 1.29 bits per heavy atom. The van der Waals surface area contributed by atoms with Gasteiger partial charge in [-0.15, -0.1) is 0 Å². The summed E-state index contributed by atoms with van der Waals surface area (Å²) in [6, 6.07) is 10.4. The summed E-state index contributed by atoms with van der Waals surface area (Å²) >= 11 is 6.07. The Hall–Kier alpha value is -2.27. The monoisotopic (exact) mass is 307 g/mol. The molecule has 0 heterocycles. The van der Waals surface area contributed by atoms with Crippen LogP contribution >= 0.6 is 11.6 Å². The van der Waals surface area contributed by atoms with Crippen molar-refractivity contribution in [3.8, 4) is 0 Å². The molecule has 0 atom stereocenters. The van der Waals surface area contributed by atoms with Gasteiger partial charge in [-0.25, -0.2) is 9.18 Å². The first-order valence-corrected chi connectivity index (χ1v) is 6.65. The first-order chi connectivity index (χ1) is 9.95. The summed E-state index contributed by atoms with van der Waals surface area (Å²) in [5.41, 5.74) is 7.57. The van der Waals surface area contributed by atoms with E-state index in [2.05, 4.69) is 5.32 Å². The van der Waals surface area contributed by atoms with E-state index >= 15 is 0 Å². The van der Waals surface area contributed by atoms with Crippen LogP contribution in [0.2, 0.25) is 5.02 Å². The van der Waals surface area contributed by atoms with Crippen molar-refractivity contribution in [1.82, 2.24) is 4.90 Å². The average Bonchev–Trinajstić information content (AvgIpc) is 2.45. The highest BCUT2D eigenvalue weighted by Crippen LogP contribution is 2.20. The number of hydrogen-bond acceptors (Lipinski definition) is 2. The molecule has 0 unspecified atom stereocenters. The third kappa shape index (κ3) is 4.10. The number of nitrogens with one attached hydrogen (secondary N) is 1. The summed E-state index contributed by atoms with van der Waals surface area (Å²) in [7, 11) is 1.64. The van der Waals surface area contributed by atoms with Crippen LogP contribution in [0.25, 0.3) is 0 Å². The van der Waals surface area contributed by atoms with Crippen molar-refractivity contribution in [2.45, 2.75) is 6.54 Å². The van der Waals surface area contributed by atoms with Crippen LogP contribution < -0.4 is 11.1 Å². The summed E-state index contributed by atoms with van der Waals surface area (Å²) in [6.07, 6.45) is 0. The molecule has 0 spiro atoms. The van der Waals surface area contributed by atoms with Crippen molar-refractivity contribution < 1.29 is 9.18 Å². The Bertz CT molecular complexity index is 646. The van der Waals surface area contributed by atoms with E-state index in [9.17, 15) is 9.18 Å². The minimum absolute atomic E-state index is 0.316. The first-order valence-electron chi connectivity index (χ1n) is 6.27. The molecular weight excluding hydrogens is 293 g/mol. The molecule has 0 aliphatic heterocycles. The van der Waals surface area contributed by atoms with Crippen molar-refractivity contribution in [2.75, 3.05) is 18.1 Å². The van der Waals surface area contributed by atoms with Crippen LogP contribution in [-0.2, 0) is 6.54 Å². The second-order valence-corrected chi connectivity index (χ2v) is 5.05. The highest BCUT2D eigenvalue weighted by atomic mass is 35.5. The van der Waals surface area contributed by atoms with Crippen LogP contribution in [-0.4, -0.2) is 18.0 Å². The van der Waals surface area contributed by atoms with E-state index in [1.54, 1.807) is 25.2 Å². The van der Waals surface area contributed by atoms with Crippen molar-refractivity contribution in [1.29, 1.82) is 0 Å². The predicted molar refractivity (Wildman–Crippen MR) is 82.8 cm³/mol. The summed E-state index contributed by atoms with van der Waals surface area (Å²) < 4.78 is 12.8. The minimum Gasteiger partial charge on any atom is -0.399 e. The van der Waals surface area contributed by atoms with E-state index < -0.39 is 0 Å². The van der Waals surface area contributed by atoms with Crippen LogP contribution in [0.15, 0.2) is 42.5 Å². The summed E-state index contributed by atoms with van der Waals surface area (Å²) in [5.74, 6) is -0.354. The maximum Gasteiger partial charge on any atom is 0.321 e. The van der Waals surface area contributed by atoms with Gasteiger partial charge in [-0.3, -0.25) is 0 Å². The largest absolute Gasteiger partial charge is 0.399 e. The van der Waals surface area contributed by atoms with Gasteiger partial charge in [-0.05, 0) is 48.0 Å². The lowest BCUT2D eigenvalue weighted by molar-refractivity contribution is 0.220. The van der Waals surface area contributed by atoms with E-state index in [0.717, 1.165) is 5.56 Å². The van der Waals surface area contributed by atoms with Gasteiger partial charge in [-0.1, -0.05) is 11.6 Å². The quantitative estimate of drug-likeness (QED) is 0.849. The summed E-state index contributed by atoms with van der Waals surface area (Å²) in [4.78, 5) is 13.5. The lowest BCUT2D eigenvalue weighted by Gasteiger charge is -2.19. The second-order valence-electron chi connectivity index (χ2n) is 4.64. The molecule has 2 aromatic rings. The van der Waals surface area contributed by atoms with Crippen LogP contribution in [0.4, 0.5) is 20.6 Å². The lowest BCUT2D eigenvalue weighted by atomic mass is 10.2. The summed E-state index contributed by atoms with van der Waals surface area (Å²) in [6.45, 7) is 0.316. The normalized spacial score (nSPS) is 10.2. The van der Waals surface area contributed by atoms with Crippen LogP contribution in [0.1, 0.15) is 5.56 Å². The lowest BCUT2D eigenvalue weighted by Crippen LogP contribution is -2.30. The van der Waals surface area contributed by atoms with Gasteiger partial charge in [0, 0.05) is 30.0 Å². The standard InChI is InChI=1S/C15H15ClFN3O/c1-20(9-10-8-12(18)4-7-14(10)16)15(21)19-13-5-2-11(17)3-6-13/h2-8H,9,18H2,1H3,(H,19,21). The third-order valence-electron chi connectivity index (χ3n) is 2.92. The molecule has 3 N–H and O–H groups in total. The fraction of sp³-hybridized carbons (Fsp3) is 0.133. The van der Waals surface area contributed by atoms with Crippen molar-refractivity contribution >= 4 is 29.0 Å². The molecule has 0 radical (unpaired) electrons. The zero-order chi connectivity index (χ0) is 15.4. The molecule has 0 aromatic heterocycles. The number of halogens is 2. The van der Waals surface area contributed by atoms with E-state index in [0.29, 0.717) is 22.9 Å². The number of benzene rings is 2. The number of carbonyl (C=O) groups excluding carboxylic acids is 1. The number of nitrogens with two attached hydrogens (primary N) is 1. The Labute approximate surface area is 127 Å². The Kier molecular flexibility index (Phi) is 4.65. The van der Waals surface area contributed by atoms with Crippen molar-refractivity contribution in [2.24, 2.45) is 0 Å². The number of nitrogens with zero attached hydrogens (tertiary/aromatic N) is 1. The molecule has 0 aliphatic rings. The van der Waals surface area contributed by atoms with Crippen LogP contribution in [0.3, 0.4) is 0 Å². The van der Waals surface area contributed by atoms with Gasteiger partial charge in [0.2, 0.25) is 0 Å². The molecule has 2 rings (SSSR count). The van der Waals surface area contributed by atoms with Crippen LogP contribution in [0.5, 0.6) is 0 Å². The molecule has 6 heteroatoms. The Morgan fingerprint density at radius 2 is 1.95 bits per heavy atom. The van der Waals surface area contributed by atoms with E-state index in [4.69, 9.17) is 17.3 Å². The molecule has 2 amide bonds. The fourth-order valence-corrected chi connectivity index (χ4v) is 1.97. The first kappa shape index (κ1) is 15.1. The Morgan fingerprint density at radius 3 is 2.62 bits per heavy atom. The molecule has 0 bridgehead atoms. The van der Waals surface area contributed by atoms with Gasteiger partial charge >= 0.3 is 6.03 Å². The smallest absolute Gasteiger partial charge is 0.321 e. The number of anilines is 2. The molecule has 4 nitrogen and oxygen atoms in total. The van der Waals surface area contributed by atoms with Gasteiger partial charge in [0.05, 0.1) is 0 Å². The van der Waals surface area contributed by atoms with Gasteiger partial charge in [0.1, 0.15) is 5.82 Å². The van der Waals surface area contributed by atoms with Crippen molar-refractivity contribution in [3.05, 3.63) is 58.9 Å². The zero-order valence-corrected chi connectivity index (χ0v) is 12.2. The zero-order valence-electron chi connectivity index (χ0n) is 11.4. The van der Waals surface area contributed by atoms with Gasteiger partial charge in [0.25, 0.3) is 0 Å². The number of rotatable bonds is 3. The van der Waals surface area contributed by atoms with Gasteiger partial charge < -0.3 is 16.0 Å². The maximum absolute atomic E-state index is 12.8. The molecule has 0 saturated carbocycles. The van der Waals surface area contributed by atoms with E-state index in [-0.39, 0.29) is 11.8 Å². The molecule has 21 heavy (non-hydrogen) atoms. The number of hydrogen-bond donors (Lipinski definition) is 2. The number of urea groups is 1. The molecule has 0 saturated heterocycles. The Balaban J connectivity index is 2.02. The molecule has 110 valence electrons. The minimum atomic E-state index is -0.354. The highest BCUT2D eigenvalue weighted by Gasteiger charge is 2.11. The van der Waals surface area contributed by atoms with E-state index in [1.807, 2.05) is 0 Å². The highest BCUT2D eigenvalue weighted by molar-refractivity contribution is 6.31. The fourth-order valence-electron chi connectivity index (χ4n) is 1.80. The number of carbonyl (C=O) groups is 1. The third-order valence-corrected chi connectivity index (χ3v) is 3.29. The molecule has 0 aliphatic carbocycles. The predicted octanol–water partition coefficient (Wildman–Crippen LogP) is 3.73. The molecule has 2 aromatic carbocycles. The topological polar surface area (TPSA) is 58.4 Å². The van der Waals surface area contributed by atoms with Crippen molar-refractivity contribution in [3.63, 3.8) is 0 Å². The second kappa shape index (κ2) is 6.45. The summed E-state index contributed by atoms with van der Waals surface area (Å²) in [5, 5.41) is 3.22. The maximum atomic E-state index is 12.8.